The number of rotatable bonds is 60. The Morgan fingerprint density at radius 2 is 0.358 bits per heavy atom. The van der Waals surface area contributed by atoms with Crippen molar-refractivity contribution in [2.75, 3.05) is 265 Å². The second-order valence-electron chi connectivity index (χ2n) is 49.3. The van der Waals surface area contributed by atoms with E-state index >= 15 is 0 Å². The van der Waals surface area contributed by atoms with Crippen molar-refractivity contribution >= 4 is 47.8 Å². The molecule has 10 saturated carbocycles. The molecule has 148 heavy (non-hydrogen) atoms. The van der Waals surface area contributed by atoms with E-state index in [1.54, 1.807) is 0 Å². The predicted octanol–water partition coefficient (Wildman–Crippen LogP) is 24.4. The minimum atomic E-state index is 0.0307. The Bertz CT molecular complexity index is 3410. The molecule has 10 aliphatic carbocycles. The molecular weight excluding hydrogens is 1860 g/mol. The van der Waals surface area contributed by atoms with Crippen LogP contribution in [0.25, 0.3) is 0 Å². The molecule has 0 radical (unpaired) electrons. The molecule has 10 fully saturated rings. The van der Waals surface area contributed by atoms with Gasteiger partial charge in [0.2, 0.25) is 0 Å². The van der Waals surface area contributed by atoms with Crippen LogP contribution in [0.15, 0.2) is 0 Å². The van der Waals surface area contributed by atoms with Gasteiger partial charge in [0.05, 0.1) is 207 Å². The number of likely N-dealkylation sites (N-methyl/N-ethyl adjacent to an activating group) is 8. The first kappa shape index (κ1) is 138. The van der Waals surface area contributed by atoms with Gasteiger partial charge in [-0.25, -0.2) is 0 Å². The maximum absolute atomic E-state index is 12.2. The average molecular weight is 2100 g/mol. The molecule has 10 aliphatic rings. The molecule has 0 aromatic heterocycles. The van der Waals surface area contributed by atoms with Crippen LogP contribution in [0.5, 0.6) is 0 Å². The van der Waals surface area contributed by atoms with Crippen LogP contribution in [0.4, 0.5) is 0 Å². The van der Waals surface area contributed by atoms with Crippen LogP contribution in [0, 0.1) is 71.0 Å². The quantitative estimate of drug-likeness (QED) is 0.0315. The normalized spacial score (nSPS) is 21.2. The topological polar surface area (TPSA) is 210 Å². The predicted molar refractivity (Wildman–Crippen MR) is 608 cm³/mol. The number of fused-ring (bicyclic) bond motifs is 4. The van der Waals surface area contributed by atoms with Crippen molar-refractivity contribution in [1.29, 1.82) is 0 Å². The molecule has 24 nitrogen and oxygen atoms in total. The molecular formula is C124H244N8O16+8. The van der Waals surface area contributed by atoms with Crippen LogP contribution >= 0.6 is 0 Å². The first-order chi connectivity index (χ1) is 70.9. The highest BCUT2D eigenvalue weighted by Gasteiger charge is 2.46. The number of hydrogen-bond donors (Lipinski definition) is 0. The Kier molecular flexibility index (Phi) is 72.3. The van der Waals surface area contributed by atoms with E-state index in [1.807, 2.05) is 0 Å². The van der Waals surface area contributed by atoms with Crippen molar-refractivity contribution in [3.05, 3.63) is 0 Å². The zero-order chi connectivity index (χ0) is 110. The molecule has 8 atom stereocenters. The zero-order valence-corrected chi connectivity index (χ0v) is 102. The number of quaternary nitrogens is 8. The summed E-state index contributed by atoms with van der Waals surface area (Å²) in [6.07, 6.45) is 54.0. The summed E-state index contributed by atoms with van der Waals surface area (Å²) in [7, 11) is 12.7. The van der Waals surface area contributed by atoms with Gasteiger partial charge < -0.3 is 73.8 Å². The third kappa shape index (κ3) is 53.9. The van der Waals surface area contributed by atoms with E-state index < -0.39 is 0 Å². The molecule has 0 saturated heterocycles. The lowest BCUT2D eigenvalue weighted by molar-refractivity contribution is -0.927. The van der Waals surface area contributed by atoms with Gasteiger partial charge in [-0.1, -0.05) is 184 Å². The van der Waals surface area contributed by atoms with Gasteiger partial charge in [0.1, 0.15) is 105 Å². The minimum absolute atomic E-state index is 0.0307. The molecule has 24 heteroatoms. The summed E-state index contributed by atoms with van der Waals surface area (Å²) in [5.41, 5.74) is 0. The Hall–Kier alpha value is -4.56. The molecule has 0 heterocycles. The van der Waals surface area contributed by atoms with E-state index in [4.69, 9.17) is 37.9 Å². The third-order valence-corrected chi connectivity index (χ3v) is 37.0. The van der Waals surface area contributed by atoms with Gasteiger partial charge in [-0.3, -0.25) is 38.4 Å². The van der Waals surface area contributed by atoms with E-state index in [9.17, 15) is 38.4 Å². The van der Waals surface area contributed by atoms with Crippen LogP contribution in [0.1, 0.15) is 420 Å². The number of esters is 8. The lowest BCUT2D eigenvalue weighted by Gasteiger charge is -2.37. The van der Waals surface area contributed by atoms with Crippen molar-refractivity contribution in [1.82, 2.24) is 0 Å². The maximum Gasteiger partial charge on any atom is 0.309 e. The monoisotopic (exact) mass is 2100 g/mol. The minimum Gasteiger partial charge on any atom is -0.459 e. The van der Waals surface area contributed by atoms with Gasteiger partial charge in [0.15, 0.2) is 0 Å². The number of carbonyl (C=O) groups excluding carboxylic acids is 8. The van der Waals surface area contributed by atoms with E-state index in [0.717, 1.165) is 255 Å². The van der Waals surface area contributed by atoms with Crippen LogP contribution in [0.3, 0.4) is 0 Å². The summed E-state index contributed by atoms with van der Waals surface area (Å²) < 4.78 is 52.3. The molecule has 4 bridgehead atoms. The van der Waals surface area contributed by atoms with Gasteiger partial charge in [0, 0.05) is 0 Å². The number of carbonyl (C=O) groups is 8. The van der Waals surface area contributed by atoms with Gasteiger partial charge >= 0.3 is 47.8 Å². The van der Waals surface area contributed by atoms with Gasteiger partial charge in [-0.2, -0.15) is 0 Å². The first-order valence-electron chi connectivity index (χ1n) is 63.0. The van der Waals surface area contributed by atoms with E-state index in [2.05, 4.69) is 167 Å². The molecule has 8 unspecified atom stereocenters. The largest absolute Gasteiger partial charge is 0.459 e. The fourth-order valence-corrected chi connectivity index (χ4v) is 25.9. The number of ether oxygens (including phenoxy) is 8. The molecule has 0 aromatic carbocycles. The Morgan fingerprint density at radius 1 is 0.182 bits per heavy atom. The van der Waals surface area contributed by atoms with Crippen molar-refractivity contribution < 1.29 is 112 Å². The molecule has 868 valence electrons. The van der Waals surface area contributed by atoms with Crippen molar-refractivity contribution in [3.63, 3.8) is 0 Å². The summed E-state index contributed by atoms with van der Waals surface area (Å²) >= 11 is 0. The second kappa shape index (κ2) is 77.8. The SMILES string of the molecule is CCCC[N+](CC)(CCC)CCOC(=O)C1CCCC1.CCCC[N+](CC)(CCC)CCOC(=O)C1CCCCC1.CCC[N+](CC)(CCC)CCOC(=O)C1CCCC1.CCC[N+](CC)(CCC)CCOC(=O)C1CCCCC1.CC[N+](CC)(CC)CCOC(=O)C1CC2CCC1C2.CC[N+](CC)(CC)CCOC(=O)C1CCCCC1.C[N+](C)(C)CCOC(=O)C1CC2CCC1C2.C[N+](C)(C)CCOC(=O)C1CCCCC1. The van der Waals surface area contributed by atoms with Crippen molar-refractivity contribution in [2.24, 2.45) is 71.0 Å². The van der Waals surface area contributed by atoms with E-state index in [1.165, 1.54) is 258 Å². The molecule has 0 aliphatic heterocycles. The van der Waals surface area contributed by atoms with Crippen LogP contribution in [-0.4, -0.2) is 349 Å². The maximum atomic E-state index is 12.2. The lowest BCUT2D eigenvalue weighted by atomic mass is 9.89. The second-order valence-corrected chi connectivity index (χ2v) is 49.3. The number of hydrogen-bond acceptors (Lipinski definition) is 16. The number of nitrogens with zero attached hydrogens (tertiary/aromatic N) is 8. The summed E-state index contributed by atoms with van der Waals surface area (Å²) in [6.45, 7) is 73.7. The standard InChI is InChI=1S/C18H36NO2.2C17H34NO2.C16H30NO2.C16H32NO2.C15H30NO2.C13H24NO2.C12H24NO2/c1-4-7-14-19(6-3,13-5-2)15-16-21-18(20)17-11-9-8-10-12-17;1-4-12-18(6-3,13-5-2)14-15-20-17(19)16-10-8-7-9-11-16;1-4-7-13-18(6-3,12-5-2)14-15-20-17(19)16-10-8-9-11-16;1-4-17(5-2,6-3)9-10-19-16(18)15-12-13-7-8-14(15)11-13;1-4-11-17(6-3,12-5-2)13-14-19-16(18)15-9-7-8-10-15;1-4-16(5-2,6-3)12-13-18-15(17)14-10-8-7-9-11-14;1-14(2,3)6-7-16-13(15)12-9-10-4-5-11(12)8-10;1-13(2,3)9-10-15-12(14)11-7-5-4-6-8-11/h17H,4-16H2,1-3H3;2*16H,4-15H2,1-3H3;13-15H,4-12H2,1-3H3;15H,4-14H2,1-3H3;14H,4-13H2,1-3H3;10-12H,4-9H2,1-3H3;11H,4-10H2,1-3H3/q8*+1. The summed E-state index contributed by atoms with van der Waals surface area (Å²) in [6, 6.07) is 0. The number of unbranched alkanes of at least 4 members (excludes halogenated alkanes) is 2. The average Bonchev–Trinajstić information content (AvgIpc) is 1.66. The van der Waals surface area contributed by atoms with Crippen molar-refractivity contribution in [2.45, 2.75) is 420 Å². The van der Waals surface area contributed by atoms with Crippen molar-refractivity contribution in [3.8, 4) is 0 Å². The Labute approximate surface area is 911 Å². The Balaban J connectivity index is 0.000000435. The summed E-state index contributed by atoms with van der Waals surface area (Å²) in [5, 5.41) is 0. The smallest absolute Gasteiger partial charge is 0.309 e. The molecule has 0 N–H and O–H groups in total. The summed E-state index contributed by atoms with van der Waals surface area (Å²) in [4.78, 5) is 95.7. The van der Waals surface area contributed by atoms with E-state index in [0.29, 0.717) is 64.7 Å². The van der Waals surface area contributed by atoms with Gasteiger partial charge in [0.25, 0.3) is 0 Å². The first-order valence-corrected chi connectivity index (χ1v) is 63.0. The van der Waals surface area contributed by atoms with E-state index in [-0.39, 0.29) is 95.1 Å². The van der Waals surface area contributed by atoms with Crippen LogP contribution in [-0.2, 0) is 76.3 Å². The van der Waals surface area contributed by atoms with Crippen LogP contribution in [0.2, 0.25) is 0 Å². The molecule has 0 spiro atoms. The Morgan fingerprint density at radius 3 is 0.520 bits per heavy atom. The lowest BCUT2D eigenvalue weighted by Crippen LogP contribution is -2.51. The van der Waals surface area contributed by atoms with Crippen LogP contribution < -0.4 is 0 Å². The van der Waals surface area contributed by atoms with Gasteiger partial charge in [-0.05, 0) is 260 Å². The van der Waals surface area contributed by atoms with Gasteiger partial charge in [-0.15, -0.1) is 0 Å². The third-order valence-electron chi connectivity index (χ3n) is 37.0. The highest BCUT2D eigenvalue weighted by Crippen LogP contribution is 2.50. The molecule has 0 aromatic rings. The molecule has 10 rings (SSSR count). The highest BCUT2D eigenvalue weighted by atomic mass is 16.6. The zero-order valence-electron chi connectivity index (χ0n) is 102. The fraction of sp³-hybridized carbons (Fsp3) is 0.935. The highest BCUT2D eigenvalue weighted by molar-refractivity contribution is 5.76. The molecule has 0 amide bonds. The summed E-state index contributed by atoms with van der Waals surface area (Å²) in [5.74, 6) is 4.99. The fourth-order valence-electron chi connectivity index (χ4n) is 25.9.